The van der Waals surface area contributed by atoms with Gasteiger partial charge in [-0.25, -0.2) is 0 Å². The van der Waals surface area contributed by atoms with Crippen molar-refractivity contribution in [3.05, 3.63) is 87.8 Å². The van der Waals surface area contributed by atoms with Crippen molar-refractivity contribution in [2.75, 3.05) is 5.75 Å². The van der Waals surface area contributed by atoms with Gasteiger partial charge in [-0.1, -0.05) is 65.4 Å². The number of hydrogen-bond acceptors (Lipinski definition) is 9. The molecule has 2 heterocycles. The second-order valence-corrected chi connectivity index (χ2v) is 12.3. The van der Waals surface area contributed by atoms with Gasteiger partial charge in [0.05, 0.1) is 16.4 Å². The summed E-state index contributed by atoms with van der Waals surface area (Å²) in [5.74, 6) is 0.0699. The zero-order valence-electron chi connectivity index (χ0n) is 23.2. The summed E-state index contributed by atoms with van der Waals surface area (Å²) in [6.45, 7) is 11.9. The topological polar surface area (TPSA) is 133 Å². The van der Waals surface area contributed by atoms with E-state index in [1.165, 1.54) is 18.2 Å². The fourth-order valence-electron chi connectivity index (χ4n) is 4.03. The van der Waals surface area contributed by atoms with Crippen molar-refractivity contribution in [1.29, 1.82) is 0 Å². The van der Waals surface area contributed by atoms with E-state index in [1.54, 1.807) is 41.4 Å². The van der Waals surface area contributed by atoms with E-state index in [0.29, 0.717) is 33.4 Å². The van der Waals surface area contributed by atoms with E-state index >= 15 is 0 Å². The van der Waals surface area contributed by atoms with Crippen LogP contribution in [0.1, 0.15) is 51.9 Å². The average Bonchev–Trinajstić information content (AvgIpc) is 3.29. The number of rotatable bonds is 7. The lowest BCUT2D eigenvalue weighted by Gasteiger charge is -2.30. The van der Waals surface area contributed by atoms with Gasteiger partial charge in [0.15, 0.2) is 17.4 Å². The first-order chi connectivity index (χ1) is 18.8. The summed E-state index contributed by atoms with van der Waals surface area (Å²) >= 11 is 1.12. The Morgan fingerprint density at radius 3 is 2.27 bits per heavy atom. The highest BCUT2D eigenvalue weighted by atomic mass is 32.2. The molecule has 1 aromatic carbocycles. The third-order valence-corrected chi connectivity index (χ3v) is 7.07. The number of carbonyl (C=O) groups is 2. The maximum Gasteiger partial charge on any atom is 0.270 e. The van der Waals surface area contributed by atoms with Crippen molar-refractivity contribution in [2.24, 2.45) is 15.9 Å². The highest BCUT2D eigenvalue weighted by Crippen LogP contribution is 2.37. The van der Waals surface area contributed by atoms with E-state index < -0.39 is 15.8 Å². The van der Waals surface area contributed by atoms with Crippen LogP contribution in [-0.2, 0) is 4.79 Å². The molecule has 0 atom stereocenters. The van der Waals surface area contributed by atoms with Crippen LogP contribution in [-0.4, -0.2) is 47.8 Å². The monoisotopic (exact) mass is 558 g/mol. The fourth-order valence-corrected chi connectivity index (χ4v) is 4.80. The Bertz CT molecular complexity index is 1540. The second kappa shape index (κ2) is 11.1. The first-order valence-electron chi connectivity index (χ1n) is 12.6. The summed E-state index contributed by atoms with van der Waals surface area (Å²) in [5, 5.41) is 25.0. The number of aromatic nitrogens is 4. The molecule has 0 aliphatic heterocycles. The molecule has 11 heteroatoms. The molecule has 206 valence electrons. The lowest BCUT2D eigenvalue weighted by atomic mass is 9.72. The molecule has 10 nitrogen and oxygen atoms in total. The Morgan fingerprint density at radius 1 is 1.02 bits per heavy atom. The molecule has 0 saturated carbocycles. The number of pyridine rings is 1. The van der Waals surface area contributed by atoms with Crippen LogP contribution in [0.5, 0.6) is 0 Å². The van der Waals surface area contributed by atoms with Gasteiger partial charge in [0.2, 0.25) is 5.16 Å². The van der Waals surface area contributed by atoms with E-state index in [-0.39, 0.29) is 28.6 Å². The van der Waals surface area contributed by atoms with Crippen LogP contribution in [0.2, 0.25) is 0 Å². The molecule has 0 saturated heterocycles. The van der Waals surface area contributed by atoms with Crippen molar-refractivity contribution in [1.82, 2.24) is 19.9 Å². The predicted octanol–water partition coefficient (Wildman–Crippen LogP) is 5.96. The predicted molar refractivity (Wildman–Crippen MR) is 154 cm³/mol. The van der Waals surface area contributed by atoms with Gasteiger partial charge >= 0.3 is 0 Å². The third kappa shape index (κ3) is 6.31. The van der Waals surface area contributed by atoms with E-state index in [4.69, 9.17) is 5.10 Å². The number of hydrogen-bond donors (Lipinski definition) is 0. The Balaban J connectivity index is 1.78. The van der Waals surface area contributed by atoms with E-state index in [2.05, 4.69) is 15.2 Å². The Kier molecular flexibility index (Phi) is 7.97. The molecule has 0 bridgehead atoms. The zero-order valence-corrected chi connectivity index (χ0v) is 24.0. The maximum absolute atomic E-state index is 13.4. The van der Waals surface area contributed by atoms with Crippen molar-refractivity contribution in [3.8, 4) is 11.4 Å². The zero-order chi connectivity index (χ0) is 29.2. The summed E-state index contributed by atoms with van der Waals surface area (Å²) in [7, 11) is 0. The van der Waals surface area contributed by atoms with Crippen LogP contribution in [0.4, 0.5) is 5.69 Å². The van der Waals surface area contributed by atoms with Gasteiger partial charge in [0, 0.05) is 46.8 Å². The molecule has 0 amide bonds. The van der Waals surface area contributed by atoms with Crippen molar-refractivity contribution >= 4 is 34.7 Å². The minimum atomic E-state index is -0.537. The van der Waals surface area contributed by atoms with Gasteiger partial charge in [-0.15, -0.1) is 10.2 Å². The molecule has 1 aliphatic rings. The van der Waals surface area contributed by atoms with Gasteiger partial charge in [0.25, 0.3) is 5.69 Å². The standard InChI is InChI=1S/C29H30N6O4S/c1-28(2,3)22-14-20(15-23(25(22)37)29(4,5)6)33-34-26(19-10-8-12-30-16-19)31-32-27(34)40-17-24(36)18-9-7-11-21(13-18)35(38)39/h7-16H,17H2,1-6H3. The van der Waals surface area contributed by atoms with Crippen molar-refractivity contribution in [3.63, 3.8) is 0 Å². The highest BCUT2D eigenvalue weighted by molar-refractivity contribution is 7.99. The molecule has 2 aromatic heterocycles. The smallest absolute Gasteiger partial charge is 0.270 e. The quantitative estimate of drug-likeness (QED) is 0.114. The maximum atomic E-state index is 13.4. The van der Waals surface area contributed by atoms with E-state index in [1.807, 2.05) is 47.6 Å². The summed E-state index contributed by atoms with van der Waals surface area (Å²) in [6.07, 6.45) is 6.86. The third-order valence-electron chi connectivity index (χ3n) is 6.15. The van der Waals surface area contributed by atoms with Gasteiger partial charge < -0.3 is 0 Å². The van der Waals surface area contributed by atoms with E-state index in [0.717, 1.165) is 11.8 Å². The Morgan fingerprint density at radius 2 is 1.70 bits per heavy atom. The molecule has 4 rings (SSSR count). The number of nitrogens with zero attached hydrogens (tertiary/aromatic N) is 6. The number of thioether (sulfide) groups is 1. The summed E-state index contributed by atoms with van der Waals surface area (Å²) < 4.78 is 1.54. The molecule has 0 spiro atoms. The largest absolute Gasteiger partial charge is 0.293 e. The number of non-ortho nitro benzene ring substituents is 1. The second-order valence-electron chi connectivity index (χ2n) is 11.3. The van der Waals surface area contributed by atoms with Crippen molar-refractivity contribution < 1.29 is 14.5 Å². The van der Waals surface area contributed by atoms with Gasteiger partial charge in [-0.3, -0.25) is 24.7 Å². The van der Waals surface area contributed by atoms with Crippen LogP contribution >= 0.6 is 11.8 Å². The lowest BCUT2D eigenvalue weighted by Crippen LogP contribution is -2.29. The van der Waals surface area contributed by atoms with Crippen LogP contribution in [0.3, 0.4) is 0 Å². The number of allylic oxidation sites excluding steroid dienone is 4. The van der Waals surface area contributed by atoms with Crippen LogP contribution < -0.4 is 0 Å². The minimum absolute atomic E-state index is 0.00709. The van der Waals surface area contributed by atoms with Crippen LogP contribution in [0, 0.1) is 20.9 Å². The molecule has 0 N–H and O–H groups in total. The highest BCUT2D eigenvalue weighted by Gasteiger charge is 2.34. The van der Waals surface area contributed by atoms with Gasteiger partial charge in [-0.05, 0) is 35.1 Å². The minimum Gasteiger partial charge on any atom is -0.293 e. The number of ketones is 2. The van der Waals surface area contributed by atoms with Gasteiger partial charge in [-0.2, -0.15) is 9.78 Å². The molecule has 0 unspecified atom stereocenters. The van der Waals surface area contributed by atoms with Crippen molar-refractivity contribution in [2.45, 2.75) is 46.7 Å². The van der Waals surface area contributed by atoms with E-state index in [9.17, 15) is 19.7 Å². The molecule has 1 aliphatic carbocycles. The molecule has 0 fully saturated rings. The number of nitro groups is 1. The molecular formula is C29H30N6O4S. The van der Waals surface area contributed by atoms with Crippen LogP contribution in [0.15, 0.2) is 82.3 Å². The van der Waals surface area contributed by atoms with Gasteiger partial charge in [0.1, 0.15) is 0 Å². The SMILES string of the molecule is CC(C)(C)C1=CC(=Nn2c(SCC(=O)c3cccc([N+](=O)[O-])c3)nnc2-c2cccnc2)C=C(C(C)(C)C)C1=O. The fraction of sp³-hybridized carbons (Fsp3) is 0.310. The molecule has 40 heavy (non-hydrogen) atoms. The number of benzene rings is 1. The average molecular weight is 559 g/mol. The Hall–Kier alpha value is -4.25. The first kappa shape index (κ1) is 28.8. The summed E-state index contributed by atoms with van der Waals surface area (Å²) in [4.78, 5) is 41.1. The number of nitro benzene ring substituents is 1. The summed E-state index contributed by atoms with van der Waals surface area (Å²) in [5.41, 5.74) is 1.75. The number of carbonyl (C=O) groups excluding carboxylic acids is 2. The lowest BCUT2D eigenvalue weighted by molar-refractivity contribution is -0.384. The van der Waals surface area contributed by atoms with Crippen LogP contribution in [0.25, 0.3) is 11.4 Å². The molecular weight excluding hydrogens is 528 g/mol. The Labute approximate surface area is 236 Å². The summed E-state index contributed by atoms with van der Waals surface area (Å²) in [6, 6.07) is 9.21. The normalized spacial score (nSPS) is 14.1. The molecule has 3 aromatic rings. The molecule has 0 radical (unpaired) electrons. The first-order valence-corrected chi connectivity index (χ1v) is 13.6. The number of Topliss-reactive ketones (excluding diaryl/α,β-unsaturated/α-hetero) is 2.